The van der Waals surface area contributed by atoms with E-state index in [1.807, 2.05) is 4.90 Å². The molecule has 0 saturated carbocycles. The van der Waals surface area contributed by atoms with E-state index in [9.17, 15) is 8.42 Å². The van der Waals surface area contributed by atoms with Crippen LogP contribution < -0.4 is 4.90 Å². The molecule has 0 amide bonds. The number of hydrogen-bond donors (Lipinski definition) is 0. The number of halogens is 3. The van der Waals surface area contributed by atoms with Crippen LogP contribution in [0.2, 0.25) is 15.1 Å². The molecule has 4 aromatic rings. The number of benzene rings is 2. The third-order valence-corrected chi connectivity index (χ3v) is 8.14. The van der Waals surface area contributed by atoms with E-state index in [0.29, 0.717) is 64.2 Å². The Morgan fingerprint density at radius 3 is 2.27 bits per heavy atom. The van der Waals surface area contributed by atoms with Gasteiger partial charge in [-0.3, -0.25) is 0 Å². The Morgan fingerprint density at radius 2 is 1.55 bits per heavy atom. The topological polar surface area (TPSA) is 83.7 Å². The second kappa shape index (κ2) is 8.73. The molecule has 33 heavy (non-hydrogen) atoms. The zero-order chi connectivity index (χ0) is 23.2. The molecule has 0 spiro atoms. The van der Waals surface area contributed by atoms with E-state index in [0.717, 1.165) is 0 Å². The maximum atomic E-state index is 12.9. The average molecular weight is 524 g/mol. The molecule has 0 aliphatic carbocycles. The van der Waals surface area contributed by atoms with Crippen LogP contribution in [-0.4, -0.2) is 58.5 Å². The predicted octanol–water partition coefficient (Wildman–Crippen LogP) is 4.26. The lowest BCUT2D eigenvalue weighted by atomic mass is 10.1. The number of nitrogens with zero attached hydrogens (tertiary/aromatic N) is 6. The second-order valence-electron chi connectivity index (χ2n) is 7.42. The summed E-state index contributed by atoms with van der Waals surface area (Å²) in [6.45, 7) is 1.50. The van der Waals surface area contributed by atoms with Gasteiger partial charge in [0.15, 0.2) is 0 Å². The first-order valence-corrected chi connectivity index (χ1v) is 12.6. The normalized spacial score (nSPS) is 15.3. The fraction of sp³-hybridized carbons (Fsp3) is 0.190. The van der Waals surface area contributed by atoms with E-state index in [1.54, 1.807) is 47.1 Å². The van der Waals surface area contributed by atoms with E-state index in [1.165, 1.54) is 16.4 Å². The Balaban J connectivity index is 1.39. The predicted molar refractivity (Wildman–Crippen MR) is 129 cm³/mol. The molecule has 0 N–H and O–H groups in total. The van der Waals surface area contributed by atoms with Crippen molar-refractivity contribution in [1.82, 2.24) is 23.9 Å². The van der Waals surface area contributed by atoms with E-state index < -0.39 is 10.0 Å². The lowest BCUT2D eigenvalue weighted by Gasteiger charge is -2.33. The maximum absolute atomic E-state index is 12.9. The number of aromatic nitrogens is 4. The molecule has 8 nitrogen and oxygen atoms in total. The average Bonchev–Trinajstić information content (AvgIpc) is 3.26. The highest BCUT2D eigenvalue weighted by atomic mass is 35.5. The highest BCUT2D eigenvalue weighted by Gasteiger charge is 2.30. The molecule has 2 aromatic heterocycles. The van der Waals surface area contributed by atoms with E-state index in [4.69, 9.17) is 34.8 Å². The van der Waals surface area contributed by atoms with Gasteiger partial charge >= 0.3 is 0 Å². The van der Waals surface area contributed by atoms with Crippen LogP contribution in [0.25, 0.3) is 17.0 Å². The molecular formula is C21H17Cl3N6O2S. The molecule has 1 fully saturated rings. The van der Waals surface area contributed by atoms with Gasteiger partial charge in [-0.15, -0.1) is 5.10 Å². The summed E-state index contributed by atoms with van der Waals surface area (Å²) >= 11 is 18.4. The number of fused-ring (bicyclic) bond motifs is 1. The Labute approximate surface area is 205 Å². The van der Waals surface area contributed by atoms with Gasteiger partial charge in [0.05, 0.1) is 15.6 Å². The fourth-order valence-corrected chi connectivity index (χ4v) is 5.63. The van der Waals surface area contributed by atoms with Gasteiger partial charge in [-0.2, -0.15) is 13.8 Å². The highest BCUT2D eigenvalue weighted by molar-refractivity contribution is 7.89. The molecule has 1 aliphatic rings. The summed E-state index contributed by atoms with van der Waals surface area (Å²) in [4.78, 5) is 11.0. The second-order valence-corrected chi connectivity index (χ2v) is 10.6. The molecule has 1 saturated heterocycles. The van der Waals surface area contributed by atoms with Crippen LogP contribution in [-0.2, 0) is 10.0 Å². The van der Waals surface area contributed by atoms with Crippen molar-refractivity contribution in [3.8, 4) is 11.3 Å². The number of anilines is 1. The van der Waals surface area contributed by atoms with Gasteiger partial charge in [-0.1, -0.05) is 34.8 Å². The maximum Gasteiger partial charge on any atom is 0.254 e. The molecule has 2 aromatic carbocycles. The van der Waals surface area contributed by atoms with Gasteiger partial charge in [-0.25, -0.2) is 13.4 Å². The van der Waals surface area contributed by atoms with Crippen LogP contribution in [0.4, 0.5) is 5.95 Å². The highest BCUT2D eigenvalue weighted by Crippen LogP contribution is 2.31. The minimum Gasteiger partial charge on any atom is -0.337 e. The van der Waals surface area contributed by atoms with Crippen molar-refractivity contribution in [3.63, 3.8) is 0 Å². The molecule has 0 bridgehead atoms. The number of hydrogen-bond acceptors (Lipinski definition) is 6. The zero-order valence-electron chi connectivity index (χ0n) is 17.1. The molecule has 0 radical (unpaired) electrons. The van der Waals surface area contributed by atoms with Gasteiger partial charge in [-0.05, 0) is 48.5 Å². The molecule has 1 aliphatic heterocycles. The molecule has 3 heterocycles. The summed E-state index contributed by atoms with van der Waals surface area (Å²) in [5, 5.41) is 6.20. The summed E-state index contributed by atoms with van der Waals surface area (Å²) in [5.74, 6) is 0.881. The Kier molecular flexibility index (Phi) is 5.92. The lowest BCUT2D eigenvalue weighted by Crippen LogP contribution is -2.49. The van der Waals surface area contributed by atoms with Crippen LogP contribution in [0, 0.1) is 0 Å². The van der Waals surface area contributed by atoms with Crippen molar-refractivity contribution < 1.29 is 8.42 Å². The fourth-order valence-electron chi connectivity index (χ4n) is 3.70. The molecule has 5 rings (SSSR count). The van der Waals surface area contributed by atoms with Crippen molar-refractivity contribution in [2.75, 3.05) is 31.1 Å². The van der Waals surface area contributed by atoms with Gasteiger partial charge < -0.3 is 4.90 Å². The number of piperazine rings is 1. The van der Waals surface area contributed by atoms with Gasteiger partial charge in [0.25, 0.3) is 5.78 Å². The zero-order valence-corrected chi connectivity index (χ0v) is 20.2. The molecule has 170 valence electrons. The third-order valence-electron chi connectivity index (χ3n) is 5.41. The third kappa shape index (κ3) is 4.27. The number of sulfonamides is 1. The summed E-state index contributed by atoms with van der Waals surface area (Å²) < 4.78 is 28.9. The first kappa shape index (κ1) is 22.4. The summed E-state index contributed by atoms with van der Waals surface area (Å²) in [7, 11) is -3.60. The van der Waals surface area contributed by atoms with Gasteiger partial charge in [0.1, 0.15) is 0 Å². The SMILES string of the molecule is O=S(=O)(c1ccc(Cl)cc1)N1CCN(c2nc3nccc(-c4cc(Cl)ccc4Cl)n3n2)CC1. The molecule has 0 unspecified atom stereocenters. The van der Waals surface area contributed by atoms with Crippen molar-refractivity contribution >= 4 is 56.6 Å². The van der Waals surface area contributed by atoms with Crippen LogP contribution in [0.5, 0.6) is 0 Å². The first-order chi connectivity index (χ1) is 15.8. The van der Waals surface area contributed by atoms with Crippen molar-refractivity contribution in [1.29, 1.82) is 0 Å². The Bertz CT molecular complexity index is 1430. The van der Waals surface area contributed by atoms with Gasteiger partial charge in [0.2, 0.25) is 16.0 Å². The van der Waals surface area contributed by atoms with Crippen LogP contribution >= 0.6 is 34.8 Å². The van der Waals surface area contributed by atoms with Crippen LogP contribution in [0.1, 0.15) is 0 Å². The smallest absolute Gasteiger partial charge is 0.254 e. The largest absolute Gasteiger partial charge is 0.337 e. The molecule has 12 heteroatoms. The van der Waals surface area contributed by atoms with Crippen molar-refractivity contribution in [2.24, 2.45) is 0 Å². The van der Waals surface area contributed by atoms with Crippen molar-refractivity contribution in [2.45, 2.75) is 4.90 Å². The summed E-state index contributed by atoms with van der Waals surface area (Å²) in [5.41, 5.74) is 1.42. The summed E-state index contributed by atoms with van der Waals surface area (Å²) in [6, 6.07) is 13.2. The minimum absolute atomic E-state index is 0.221. The van der Waals surface area contributed by atoms with Crippen LogP contribution in [0.3, 0.4) is 0 Å². The quantitative estimate of drug-likeness (QED) is 0.397. The minimum atomic E-state index is -3.60. The molecule has 0 atom stereocenters. The number of rotatable bonds is 4. The lowest BCUT2D eigenvalue weighted by molar-refractivity contribution is 0.382. The monoisotopic (exact) mass is 522 g/mol. The first-order valence-electron chi connectivity index (χ1n) is 10.0. The van der Waals surface area contributed by atoms with E-state index >= 15 is 0 Å². The van der Waals surface area contributed by atoms with Crippen LogP contribution in [0.15, 0.2) is 59.6 Å². The Morgan fingerprint density at radius 1 is 0.848 bits per heavy atom. The molecular weight excluding hydrogens is 507 g/mol. The standard InChI is InChI=1S/C21H17Cl3N6O2S/c22-14-1-4-16(5-2-14)33(31,32)29-11-9-28(10-12-29)21-26-20-25-8-7-19(30(20)27-21)17-13-15(23)3-6-18(17)24/h1-8,13H,9-12H2. The van der Waals surface area contributed by atoms with Gasteiger partial charge in [0, 0.05) is 48.0 Å². The summed E-state index contributed by atoms with van der Waals surface area (Å²) in [6.07, 6.45) is 1.64. The Hall–Kier alpha value is -2.43. The van der Waals surface area contributed by atoms with E-state index in [2.05, 4.69) is 15.1 Å². The van der Waals surface area contributed by atoms with Crippen molar-refractivity contribution in [3.05, 3.63) is 69.8 Å². The van der Waals surface area contributed by atoms with E-state index in [-0.39, 0.29) is 4.90 Å².